The zero-order chi connectivity index (χ0) is 29.0. The molecule has 0 aliphatic carbocycles. The number of hydrogen-bond acceptors (Lipinski definition) is 10. The van der Waals surface area contributed by atoms with Gasteiger partial charge in [0.2, 0.25) is 5.60 Å². The summed E-state index contributed by atoms with van der Waals surface area (Å²) in [7, 11) is 0. The van der Waals surface area contributed by atoms with Crippen LogP contribution < -0.4 is 0 Å². The number of aliphatic hydroxyl groups is 4. The number of carbonyl (C=O) groups excluding carboxylic acids is 2. The zero-order valence-corrected chi connectivity index (χ0v) is 23.8. The molecule has 3 saturated heterocycles. The van der Waals surface area contributed by atoms with Crippen molar-refractivity contribution in [2.24, 2.45) is 11.8 Å². The predicted octanol–water partition coefficient (Wildman–Crippen LogP) is 2.10. The number of esters is 2. The van der Waals surface area contributed by atoms with Gasteiger partial charge in [0.05, 0.1) is 36.6 Å². The summed E-state index contributed by atoms with van der Waals surface area (Å²) in [4.78, 5) is 25.7. The minimum atomic E-state index is -2.55. The molecule has 0 aromatic rings. The van der Waals surface area contributed by atoms with Crippen LogP contribution >= 0.6 is 0 Å². The zero-order valence-electron chi connectivity index (χ0n) is 23.8. The van der Waals surface area contributed by atoms with Crippen molar-refractivity contribution in [2.45, 2.75) is 139 Å². The Hall–Kier alpha value is -1.82. The van der Waals surface area contributed by atoms with Gasteiger partial charge in [-0.15, -0.1) is 0 Å². The van der Waals surface area contributed by atoms with Gasteiger partial charge in [0.1, 0.15) is 18.3 Å². The first-order valence-corrected chi connectivity index (χ1v) is 14.8. The van der Waals surface area contributed by atoms with Gasteiger partial charge in [0.25, 0.3) is 0 Å². The van der Waals surface area contributed by atoms with E-state index in [0.717, 1.165) is 0 Å². The van der Waals surface area contributed by atoms with E-state index in [9.17, 15) is 30.0 Å². The summed E-state index contributed by atoms with van der Waals surface area (Å²) in [6.45, 7) is 5.92. The molecule has 10 nitrogen and oxygen atoms in total. The summed E-state index contributed by atoms with van der Waals surface area (Å²) >= 11 is 0. The highest BCUT2D eigenvalue weighted by molar-refractivity contribution is 5.84. The van der Waals surface area contributed by atoms with Crippen LogP contribution in [0.3, 0.4) is 0 Å². The van der Waals surface area contributed by atoms with Gasteiger partial charge in [-0.05, 0) is 50.4 Å². The molecule has 10 heteroatoms. The average Bonchev–Trinajstić information content (AvgIpc) is 3.35. The van der Waals surface area contributed by atoms with Gasteiger partial charge in [0.15, 0.2) is 0 Å². The van der Waals surface area contributed by atoms with E-state index in [-0.39, 0.29) is 49.7 Å². The van der Waals surface area contributed by atoms with Crippen molar-refractivity contribution in [2.75, 3.05) is 0 Å². The van der Waals surface area contributed by atoms with Crippen LogP contribution in [0.25, 0.3) is 0 Å². The fourth-order valence-corrected chi connectivity index (χ4v) is 6.46. The second-order valence-corrected chi connectivity index (χ2v) is 12.2. The fourth-order valence-electron chi connectivity index (χ4n) is 6.46. The standard InChI is InChI=1S/C30H46O10/c1-4-8-27(33)40-26-15-21-14-19(31)13-20(37-21)11-17(2)9-6-5-7-10-23-18(3)12-24(38-23)22(32)16-25-28(34)30(26,36)29(35)39-25/h5-7,9,17-26,28,31-32,34,36H,4,8,10-16H2,1-3H3. The average molecular weight is 567 g/mol. The third-order valence-electron chi connectivity index (χ3n) is 8.72. The van der Waals surface area contributed by atoms with Crippen LogP contribution in [0.5, 0.6) is 0 Å². The lowest BCUT2D eigenvalue weighted by Crippen LogP contribution is -2.58. The lowest BCUT2D eigenvalue weighted by Gasteiger charge is -2.38. The van der Waals surface area contributed by atoms with E-state index in [4.69, 9.17) is 18.9 Å². The lowest BCUT2D eigenvalue weighted by atomic mass is 9.83. The number of ether oxygens (including phenoxy) is 4. The van der Waals surface area contributed by atoms with Gasteiger partial charge in [0, 0.05) is 19.3 Å². The molecular formula is C30H46O10. The molecule has 4 rings (SSSR count). The van der Waals surface area contributed by atoms with Gasteiger partial charge in [-0.1, -0.05) is 45.1 Å². The first kappa shape index (κ1) is 31.1. The Morgan fingerprint density at radius 3 is 2.42 bits per heavy atom. The quantitative estimate of drug-likeness (QED) is 0.374. The fraction of sp³-hybridized carbons (Fsp3) is 0.800. The summed E-state index contributed by atoms with van der Waals surface area (Å²) in [5, 5.41) is 44.4. The largest absolute Gasteiger partial charge is 0.458 e. The predicted molar refractivity (Wildman–Crippen MR) is 144 cm³/mol. The molecule has 0 amide bonds. The molecule has 4 aliphatic heterocycles. The summed E-state index contributed by atoms with van der Waals surface area (Å²) in [6, 6.07) is 0. The number of fused-ring (bicyclic) bond motifs is 6. The van der Waals surface area contributed by atoms with Crippen molar-refractivity contribution in [1.29, 1.82) is 0 Å². The Labute approximate surface area is 236 Å². The Bertz CT molecular complexity index is 935. The van der Waals surface area contributed by atoms with Crippen LogP contribution in [0, 0.1) is 11.8 Å². The Morgan fingerprint density at radius 1 is 0.975 bits per heavy atom. The van der Waals surface area contributed by atoms with Gasteiger partial charge in [-0.25, -0.2) is 4.79 Å². The molecule has 4 heterocycles. The van der Waals surface area contributed by atoms with E-state index in [1.54, 1.807) is 6.92 Å². The minimum absolute atomic E-state index is 0.0628. The molecule has 0 aromatic heterocycles. The highest BCUT2D eigenvalue weighted by atomic mass is 16.6. The maximum absolute atomic E-state index is 13.1. The SMILES string of the molecule is CCCC(=O)OC1CC2CC(O)CC(CC(C)C=CC=CCC3OC(CC3C)C(O)CC3OC(=O)C1(O)C3O)O2. The molecule has 4 aliphatic rings. The molecule has 12 unspecified atom stereocenters. The van der Waals surface area contributed by atoms with Crippen LogP contribution in [0.2, 0.25) is 0 Å². The van der Waals surface area contributed by atoms with Gasteiger partial charge < -0.3 is 39.4 Å². The molecule has 226 valence electrons. The third kappa shape index (κ3) is 7.14. The maximum Gasteiger partial charge on any atom is 0.345 e. The van der Waals surface area contributed by atoms with Crippen LogP contribution in [-0.2, 0) is 28.5 Å². The molecule has 40 heavy (non-hydrogen) atoms. The van der Waals surface area contributed by atoms with Crippen molar-refractivity contribution in [3.05, 3.63) is 24.3 Å². The van der Waals surface area contributed by atoms with Crippen molar-refractivity contribution < 1.29 is 49.0 Å². The molecule has 12 atom stereocenters. The van der Waals surface area contributed by atoms with E-state index < -0.39 is 60.3 Å². The number of carbonyl (C=O) groups is 2. The molecule has 0 saturated carbocycles. The van der Waals surface area contributed by atoms with E-state index in [1.165, 1.54) is 0 Å². The minimum Gasteiger partial charge on any atom is -0.458 e. The second kappa shape index (κ2) is 13.4. The first-order valence-electron chi connectivity index (χ1n) is 14.8. The molecule has 0 radical (unpaired) electrons. The van der Waals surface area contributed by atoms with Crippen LogP contribution in [0.1, 0.15) is 78.6 Å². The third-order valence-corrected chi connectivity index (χ3v) is 8.72. The van der Waals surface area contributed by atoms with Gasteiger partial charge >= 0.3 is 11.9 Å². The lowest BCUT2D eigenvalue weighted by molar-refractivity contribution is -0.194. The smallest absolute Gasteiger partial charge is 0.345 e. The number of allylic oxidation sites excluding steroid dienone is 3. The van der Waals surface area contributed by atoms with Crippen molar-refractivity contribution in [3.8, 4) is 0 Å². The summed E-state index contributed by atoms with van der Waals surface area (Å²) < 4.78 is 23.4. The van der Waals surface area contributed by atoms with Crippen molar-refractivity contribution in [1.82, 2.24) is 0 Å². The molecule has 6 bridgehead atoms. The molecule has 3 fully saturated rings. The normalized spacial score (nSPS) is 44.7. The monoisotopic (exact) mass is 566 g/mol. The van der Waals surface area contributed by atoms with Crippen molar-refractivity contribution in [3.63, 3.8) is 0 Å². The van der Waals surface area contributed by atoms with Gasteiger partial charge in [-0.3, -0.25) is 4.79 Å². The van der Waals surface area contributed by atoms with E-state index >= 15 is 0 Å². The molecular weight excluding hydrogens is 520 g/mol. The highest BCUT2D eigenvalue weighted by Gasteiger charge is 2.63. The maximum atomic E-state index is 13.1. The topological polar surface area (TPSA) is 152 Å². The molecule has 0 aromatic carbocycles. The molecule has 4 N–H and O–H groups in total. The highest BCUT2D eigenvalue weighted by Crippen LogP contribution is 2.39. The summed E-state index contributed by atoms with van der Waals surface area (Å²) in [5.41, 5.74) is -2.55. The Balaban J connectivity index is 1.62. The second-order valence-electron chi connectivity index (χ2n) is 12.2. The number of rotatable bonds is 3. The van der Waals surface area contributed by atoms with Gasteiger partial charge in [-0.2, -0.15) is 0 Å². The summed E-state index contributed by atoms with van der Waals surface area (Å²) in [6.07, 6.45) is 3.32. The molecule has 0 spiro atoms. The number of hydrogen-bond donors (Lipinski definition) is 4. The first-order chi connectivity index (χ1) is 19.0. The van der Waals surface area contributed by atoms with Crippen LogP contribution in [0.4, 0.5) is 0 Å². The van der Waals surface area contributed by atoms with Crippen LogP contribution in [0.15, 0.2) is 24.3 Å². The Kier molecular flexibility index (Phi) is 10.5. The van der Waals surface area contributed by atoms with Crippen LogP contribution in [-0.4, -0.2) is 92.9 Å². The van der Waals surface area contributed by atoms with E-state index in [2.05, 4.69) is 19.9 Å². The van der Waals surface area contributed by atoms with E-state index in [0.29, 0.717) is 32.1 Å². The van der Waals surface area contributed by atoms with Crippen molar-refractivity contribution >= 4 is 11.9 Å². The Morgan fingerprint density at radius 2 is 1.70 bits per heavy atom. The van der Waals surface area contributed by atoms with E-state index in [1.807, 2.05) is 18.2 Å². The summed E-state index contributed by atoms with van der Waals surface area (Å²) in [5.74, 6) is -1.40. The number of aliphatic hydroxyl groups excluding tert-OH is 3.